The Balaban J connectivity index is 1.56. The number of benzene rings is 2. The summed E-state index contributed by atoms with van der Waals surface area (Å²) in [7, 11) is 1.50. The number of rotatable bonds is 7. The first-order valence-electron chi connectivity index (χ1n) is 8.69. The normalized spacial score (nSPS) is 17.1. The van der Waals surface area contributed by atoms with Crippen molar-refractivity contribution in [1.29, 1.82) is 0 Å². The van der Waals surface area contributed by atoms with Crippen molar-refractivity contribution in [1.82, 2.24) is 0 Å². The second kappa shape index (κ2) is 8.88. The number of aryl methyl sites for hydroxylation is 1. The Labute approximate surface area is 163 Å². The van der Waals surface area contributed by atoms with Crippen molar-refractivity contribution in [2.45, 2.75) is 25.0 Å². The molecule has 0 fully saturated rings. The molecule has 7 heteroatoms. The number of nitrogens with zero attached hydrogens (tertiary/aromatic N) is 1. The average Bonchev–Trinajstić information content (AvgIpc) is 3.08. The summed E-state index contributed by atoms with van der Waals surface area (Å²) in [6, 6.07) is 15.1. The van der Waals surface area contributed by atoms with Gasteiger partial charge in [-0.1, -0.05) is 35.9 Å². The number of aliphatic imine (C=N–C) groups is 1. The number of nitrogens with two attached hydrogens (primary N) is 1. The third-order valence-corrected chi connectivity index (χ3v) is 4.62. The molecule has 3 rings (SSSR count). The van der Waals surface area contributed by atoms with Gasteiger partial charge < -0.3 is 20.5 Å². The van der Waals surface area contributed by atoms with Crippen LogP contribution in [0.15, 0.2) is 53.5 Å². The molecule has 142 valence electrons. The highest BCUT2D eigenvalue weighted by atomic mass is 35.5. The number of anilines is 1. The number of hydrogen-bond acceptors (Lipinski definition) is 5. The van der Waals surface area contributed by atoms with Crippen LogP contribution in [0.3, 0.4) is 0 Å². The van der Waals surface area contributed by atoms with E-state index in [0.29, 0.717) is 17.3 Å². The minimum Gasteiger partial charge on any atom is -0.463 e. The van der Waals surface area contributed by atoms with Crippen molar-refractivity contribution in [3.63, 3.8) is 0 Å². The van der Waals surface area contributed by atoms with Crippen LogP contribution in [0.1, 0.15) is 23.7 Å². The Morgan fingerprint density at radius 2 is 2.00 bits per heavy atom. The van der Waals surface area contributed by atoms with Crippen molar-refractivity contribution < 1.29 is 14.3 Å². The van der Waals surface area contributed by atoms with Crippen molar-refractivity contribution in [3.8, 4) is 0 Å². The summed E-state index contributed by atoms with van der Waals surface area (Å²) >= 11 is 5.90. The molecule has 3 N–H and O–H groups in total. The second-order valence-electron chi connectivity index (χ2n) is 6.32. The Hall–Kier alpha value is -2.57. The molecule has 1 aliphatic heterocycles. The summed E-state index contributed by atoms with van der Waals surface area (Å²) in [6.45, 7) is 0.545. The number of carbonyl (C=O) groups excluding carboxylic acids is 1. The number of halogens is 1. The van der Waals surface area contributed by atoms with Crippen LogP contribution >= 0.6 is 11.6 Å². The zero-order valence-electron chi connectivity index (χ0n) is 15.0. The van der Waals surface area contributed by atoms with Crippen molar-refractivity contribution in [2.75, 3.05) is 19.0 Å². The number of carbonyl (C=O) groups is 1. The largest absolute Gasteiger partial charge is 0.463 e. The van der Waals surface area contributed by atoms with Crippen LogP contribution in [0, 0.1) is 0 Å². The average molecular weight is 388 g/mol. The zero-order chi connectivity index (χ0) is 19.2. The molecule has 6 nitrogen and oxygen atoms in total. The molecule has 0 spiro atoms. The summed E-state index contributed by atoms with van der Waals surface area (Å²) in [5, 5.41) is 3.49. The van der Waals surface area contributed by atoms with Gasteiger partial charge >= 0.3 is 0 Å². The molecular formula is C20H22ClN3O3. The molecule has 0 saturated carbocycles. The maximum atomic E-state index is 12.5. The van der Waals surface area contributed by atoms with E-state index in [1.165, 1.54) is 7.11 Å². The second-order valence-corrected chi connectivity index (χ2v) is 6.76. The number of amides is 1. The monoisotopic (exact) mass is 387 g/mol. The van der Waals surface area contributed by atoms with Crippen LogP contribution in [0.4, 0.5) is 5.69 Å². The summed E-state index contributed by atoms with van der Waals surface area (Å²) in [4.78, 5) is 16.8. The van der Waals surface area contributed by atoms with Crippen LogP contribution < -0.4 is 11.1 Å². The van der Waals surface area contributed by atoms with E-state index in [-0.39, 0.29) is 18.0 Å². The number of methoxy groups -OCH3 is 1. The van der Waals surface area contributed by atoms with Crippen LogP contribution in [-0.4, -0.2) is 31.7 Å². The highest BCUT2D eigenvalue weighted by Crippen LogP contribution is 2.22. The SMILES string of the molecule is COC(C(=O)Nc1ccc(CCC2COC(N)=N2)cc1)c1ccc(Cl)cc1. The van der Waals surface area contributed by atoms with Gasteiger partial charge in [0.1, 0.15) is 6.61 Å². The molecule has 1 aliphatic rings. The summed E-state index contributed by atoms with van der Waals surface area (Å²) in [6.07, 6.45) is 1.03. The van der Waals surface area contributed by atoms with E-state index < -0.39 is 6.10 Å². The molecule has 2 unspecified atom stereocenters. The summed E-state index contributed by atoms with van der Waals surface area (Å²) < 4.78 is 10.5. The van der Waals surface area contributed by atoms with Gasteiger partial charge in [0.2, 0.25) is 0 Å². The number of amidine groups is 1. The fourth-order valence-corrected chi connectivity index (χ4v) is 3.04. The first-order valence-corrected chi connectivity index (χ1v) is 9.07. The molecule has 0 saturated heterocycles. The van der Waals surface area contributed by atoms with Gasteiger partial charge in [-0.15, -0.1) is 0 Å². The van der Waals surface area contributed by atoms with Gasteiger partial charge in [-0.25, -0.2) is 4.99 Å². The standard InChI is InChI=1S/C20H22ClN3O3/c1-26-18(14-5-7-15(21)8-6-14)19(25)23-16-9-2-13(3-10-16)4-11-17-12-27-20(22)24-17/h2-3,5-10,17-18H,4,11-12H2,1H3,(H2,22,24)(H,23,25). The van der Waals surface area contributed by atoms with E-state index in [9.17, 15) is 4.79 Å². The van der Waals surface area contributed by atoms with Gasteiger partial charge in [0.05, 0.1) is 6.04 Å². The number of ether oxygens (including phenoxy) is 2. The lowest BCUT2D eigenvalue weighted by Crippen LogP contribution is -2.22. The van der Waals surface area contributed by atoms with Crippen LogP contribution in [0.5, 0.6) is 0 Å². The topological polar surface area (TPSA) is 85.9 Å². The van der Waals surface area contributed by atoms with E-state index in [2.05, 4.69) is 10.3 Å². The Morgan fingerprint density at radius 3 is 2.59 bits per heavy atom. The smallest absolute Gasteiger partial charge is 0.282 e. The highest BCUT2D eigenvalue weighted by molar-refractivity contribution is 6.30. The van der Waals surface area contributed by atoms with Crippen molar-refractivity contribution in [2.24, 2.45) is 10.7 Å². The molecular weight excluding hydrogens is 366 g/mol. The summed E-state index contributed by atoms with van der Waals surface area (Å²) in [5.41, 5.74) is 8.14. The first-order chi connectivity index (χ1) is 13.0. The number of nitrogens with one attached hydrogen (secondary N) is 1. The van der Waals surface area contributed by atoms with Gasteiger partial charge in [-0.05, 0) is 48.2 Å². The van der Waals surface area contributed by atoms with E-state index in [4.69, 9.17) is 26.8 Å². The predicted octanol–water partition coefficient (Wildman–Crippen LogP) is 3.31. The zero-order valence-corrected chi connectivity index (χ0v) is 15.8. The lowest BCUT2D eigenvalue weighted by molar-refractivity contribution is -0.126. The molecule has 0 aromatic heterocycles. The highest BCUT2D eigenvalue weighted by Gasteiger charge is 2.20. The molecule has 0 bridgehead atoms. The number of hydrogen-bond donors (Lipinski definition) is 2. The van der Waals surface area contributed by atoms with E-state index in [0.717, 1.165) is 24.0 Å². The van der Waals surface area contributed by atoms with Crippen LogP contribution in [0.2, 0.25) is 5.02 Å². The molecule has 1 amide bonds. The Morgan fingerprint density at radius 1 is 1.30 bits per heavy atom. The Bertz CT molecular complexity index is 806. The van der Waals surface area contributed by atoms with E-state index in [1.807, 2.05) is 24.3 Å². The maximum Gasteiger partial charge on any atom is 0.282 e. The van der Waals surface area contributed by atoms with Crippen molar-refractivity contribution in [3.05, 3.63) is 64.7 Å². The molecule has 1 heterocycles. The third kappa shape index (κ3) is 5.21. The van der Waals surface area contributed by atoms with Gasteiger partial charge in [-0.2, -0.15) is 0 Å². The van der Waals surface area contributed by atoms with Gasteiger partial charge in [0, 0.05) is 17.8 Å². The van der Waals surface area contributed by atoms with Crippen LogP contribution in [-0.2, 0) is 20.7 Å². The van der Waals surface area contributed by atoms with E-state index in [1.54, 1.807) is 24.3 Å². The maximum absolute atomic E-state index is 12.5. The lowest BCUT2D eigenvalue weighted by Gasteiger charge is -2.16. The van der Waals surface area contributed by atoms with Crippen molar-refractivity contribution >= 4 is 29.2 Å². The minimum absolute atomic E-state index is 0.117. The fourth-order valence-electron chi connectivity index (χ4n) is 2.91. The fraction of sp³-hybridized carbons (Fsp3) is 0.300. The molecule has 2 aromatic carbocycles. The Kier molecular flexibility index (Phi) is 6.32. The molecule has 0 radical (unpaired) electrons. The van der Waals surface area contributed by atoms with E-state index >= 15 is 0 Å². The summed E-state index contributed by atoms with van der Waals surface area (Å²) in [5.74, 6) is -0.236. The minimum atomic E-state index is -0.701. The van der Waals surface area contributed by atoms with Gasteiger partial charge in [0.25, 0.3) is 11.9 Å². The first kappa shape index (κ1) is 19.2. The molecule has 0 aliphatic carbocycles. The predicted molar refractivity (Wildman–Crippen MR) is 106 cm³/mol. The quantitative estimate of drug-likeness (QED) is 0.763. The lowest BCUT2D eigenvalue weighted by atomic mass is 10.1. The third-order valence-electron chi connectivity index (χ3n) is 4.37. The van der Waals surface area contributed by atoms with Gasteiger partial charge in [-0.3, -0.25) is 4.79 Å². The molecule has 2 aromatic rings. The van der Waals surface area contributed by atoms with Crippen LogP contribution in [0.25, 0.3) is 0 Å². The van der Waals surface area contributed by atoms with Gasteiger partial charge in [0.15, 0.2) is 6.10 Å². The molecule has 27 heavy (non-hydrogen) atoms. The molecule has 2 atom stereocenters.